The van der Waals surface area contributed by atoms with E-state index in [1.54, 1.807) is 11.3 Å². The molecule has 0 bridgehead atoms. The summed E-state index contributed by atoms with van der Waals surface area (Å²) < 4.78 is 1.19. The van der Waals surface area contributed by atoms with Crippen molar-refractivity contribution < 1.29 is 4.79 Å². The highest BCUT2D eigenvalue weighted by atomic mass is 79.9. The van der Waals surface area contributed by atoms with Crippen molar-refractivity contribution in [2.75, 3.05) is 0 Å². The Labute approximate surface area is 96.0 Å². The molecule has 0 unspecified atom stereocenters. The fraction of sp³-hybridized carbons (Fsp3) is 0.364. The number of carbonyl (C=O) groups is 1. The van der Waals surface area contributed by atoms with E-state index in [0.29, 0.717) is 0 Å². The lowest BCUT2D eigenvalue weighted by Crippen LogP contribution is -2.04. The highest BCUT2D eigenvalue weighted by Gasteiger charge is 2.11. The molecule has 1 heterocycles. The Bertz CT molecular complexity index is 378. The number of halogens is 1. The van der Waals surface area contributed by atoms with Gasteiger partial charge in [-0.25, -0.2) is 0 Å². The highest BCUT2D eigenvalue weighted by molar-refractivity contribution is 9.11. The molecule has 1 nitrogen and oxygen atoms in total. The molecule has 74 valence electrons. The minimum Gasteiger partial charge on any atom is -0.295 e. The van der Waals surface area contributed by atoms with Crippen molar-refractivity contribution in [1.29, 1.82) is 0 Å². The molecule has 14 heavy (non-hydrogen) atoms. The summed E-state index contributed by atoms with van der Waals surface area (Å²) in [5.41, 5.74) is 2.58. The highest BCUT2D eigenvalue weighted by Crippen LogP contribution is 2.28. The molecule has 3 heteroatoms. The minimum absolute atomic E-state index is 0.289. The van der Waals surface area contributed by atoms with Gasteiger partial charge in [0.05, 0.1) is 3.79 Å². The number of rotatable bonds is 2. The molecule has 0 fully saturated rings. The quantitative estimate of drug-likeness (QED) is 0.801. The van der Waals surface area contributed by atoms with Gasteiger partial charge in [0, 0.05) is 6.42 Å². The van der Waals surface area contributed by atoms with Crippen LogP contribution in [0.15, 0.2) is 26.9 Å². The van der Waals surface area contributed by atoms with E-state index in [-0.39, 0.29) is 5.78 Å². The van der Waals surface area contributed by atoms with Gasteiger partial charge in [-0.05, 0) is 58.3 Å². The van der Waals surface area contributed by atoms with Gasteiger partial charge in [-0.15, -0.1) is 11.3 Å². The molecular weight excluding hydrogens is 260 g/mol. The van der Waals surface area contributed by atoms with Gasteiger partial charge in [0.15, 0.2) is 5.78 Å². The van der Waals surface area contributed by atoms with Gasteiger partial charge in [-0.3, -0.25) is 4.79 Å². The lowest BCUT2D eigenvalue weighted by atomic mass is 9.94. The lowest BCUT2D eigenvalue weighted by Gasteiger charge is -2.11. The van der Waals surface area contributed by atoms with E-state index in [0.717, 1.165) is 25.7 Å². The van der Waals surface area contributed by atoms with Crippen molar-refractivity contribution in [3.63, 3.8) is 0 Å². The topological polar surface area (TPSA) is 17.1 Å². The summed E-state index contributed by atoms with van der Waals surface area (Å²) in [6, 6.07) is 2.12. The third-order valence-corrected chi connectivity index (χ3v) is 4.21. The van der Waals surface area contributed by atoms with Crippen LogP contribution in [0.1, 0.15) is 24.8 Å². The molecule has 0 N–H and O–H groups in total. The summed E-state index contributed by atoms with van der Waals surface area (Å²) >= 11 is 5.21. The third-order valence-electron chi connectivity index (χ3n) is 2.40. The van der Waals surface area contributed by atoms with Gasteiger partial charge in [-0.2, -0.15) is 0 Å². The van der Waals surface area contributed by atoms with Crippen LogP contribution in [-0.4, -0.2) is 5.78 Å². The predicted octanol–water partition coefficient (Wildman–Crippen LogP) is 3.73. The van der Waals surface area contributed by atoms with Crippen molar-refractivity contribution in [2.24, 2.45) is 0 Å². The van der Waals surface area contributed by atoms with Crippen LogP contribution in [0.2, 0.25) is 0 Å². The molecule has 0 radical (unpaired) electrons. The van der Waals surface area contributed by atoms with E-state index in [4.69, 9.17) is 0 Å². The maximum atomic E-state index is 11.2. The van der Waals surface area contributed by atoms with Crippen LogP contribution in [0.25, 0.3) is 0 Å². The molecule has 0 spiro atoms. The van der Waals surface area contributed by atoms with Crippen molar-refractivity contribution in [3.05, 3.63) is 32.4 Å². The molecule has 0 aromatic carbocycles. The van der Waals surface area contributed by atoms with E-state index < -0.39 is 0 Å². The monoisotopic (exact) mass is 270 g/mol. The van der Waals surface area contributed by atoms with Crippen molar-refractivity contribution in [2.45, 2.75) is 25.7 Å². The van der Waals surface area contributed by atoms with Crippen LogP contribution in [0.3, 0.4) is 0 Å². The van der Waals surface area contributed by atoms with E-state index >= 15 is 0 Å². The largest absolute Gasteiger partial charge is 0.295 e. The molecule has 0 aliphatic heterocycles. The molecule has 1 aromatic heterocycles. The van der Waals surface area contributed by atoms with Gasteiger partial charge in [0.1, 0.15) is 0 Å². The Hall–Kier alpha value is -0.410. The second kappa shape index (κ2) is 4.41. The first-order valence-electron chi connectivity index (χ1n) is 4.70. The molecule has 1 aromatic rings. The first-order chi connectivity index (χ1) is 6.75. The molecule has 0 saturated heterocycles. The zero-order valence-corrected chi connectivity index (χ0v) is 10.2. The fourth-order valence-corrected chi connectivity index (χ4v) is 2.93. The molecule has 1 aliphatic rings. The number of allylic oxidation sites excluding steroid dienone is 2. The van der Waals surface area contributed by atoms with Crippen LogP contribution < -0.4 is 0 Å². The van der Waals surface area contributed by atoms with Crippen molar-refractivity contribution in [3.8, 4) is 0 Å². The SMILES string of the molecule is O=C1C=C(Cc2ccsc2Br)CCC1. The van der Waals surface area contributed by atoms with Crippen LogP contribution >= 0.6 is 27.3 Å². The average molecular weight is 271 g/mol. The molecule has 1 aliphatic carbocycles. The first kappa shape index (κ1) is 10.1. The summed E-state index contributed by atoms with van der Waals surface area (Å²) in [6.07, 6.45) is 5.58. The van der Waals surface area contributed by atoms with Crippen LogP contribution in [0.4, 0.5) is 0 Å². The zero-order chi connectivity index (χ0) is 9.97. The summed E-state index contributed by atoms with van der Waals surface area (Å²) in [7, 11) is 0. The summed E-state index contributed by atoms with van der Waals surface area (Å²) in [4.78, 5) is 11.2. The first-order valence-corrected chi connectivity index (χ1v) is 6.37. The Morgan fingerprint density at radius 3 is 2.93 bits per heavy atom. The fourth-order valence-electron chi connectivity index (χ4n) is 1.69. The van der Waals surface area contributed by atoms with Crippen LogP contribution in [-0.2, 0) is 11.2 Å². The Morgan fingerprint density at radius 1 is 1.43 bits per heavy atom. The number of carbonyl (C=O) groups excluding carboxylic acids is 1. The van der Waals surface area contributed by atoms with Crippen molar-refractivity contribution in [1.82, 2.24) is 0 Å². The average Bonchev–Trinajstić information content (AvgIpc) is 2.52. The van der Waals surface area contributed by atoms with Gasteiger partial charge in [0.25, 0.3) is 0 Å². The van der Waals surface area contributed by atoms with E-state index in [1.807, 2.05) is 6.08 Å². The minimum atomic E-state index is 0.289. The summed E-state index contributed by atoms with van der Waals surface area (Å²) in [5.74, 6) is 0.289. The Morgan fingerprint density at radius 2 is 2.29 bits per heavy atom. The maximum absolute atomic E-state index is 11.2. The Balaban J connectivity index is 2.11. The number of ketones is 1. The molecule has 0 atom stereocenters. The summed E-state index contributed by atoms with van der Waals surface area (Å²) in [6.45, 7) is 0. The van der Waals surface area contributed by atoms with E-state index in [2.05, 4.69) is 27.4 Å². The number of thiophene rings is 1. The van der Waals surface area contributed by atoms with Gasteiger partial charge in [0.2, 0.25) is 0 Å². The van der Waals surface area contributed by atoms with E-state index in [1.165, 1.54) is 14.9 Å². The van der Waals surface area contributed by atoms with Crippen LogP contribution in [0, 0.1) is 0 Å². The van der Waals surface area contributed by atoms with Gasteiger partial charge < -0.3 is 0 Å². The summed E-state index contributed by atoms with van der Waals surface area (Å²) in [5, 5.41) is 2.07. The number of hydrogen-bond acceptors (Lipinski definition) is 2. The Kier molecular flexibility index (Phi) is 3.19. The molecule has 2 rings (SSSR count). The van der Waals surface area contributed by atoms with Gasteiger partial charge >= 0.3 is 0 Å². The van der Waals surface area contributed by atoms with Crippen molar-refractivity contribution >= 4 is 33.0 Å². The standard InChI is InChI=1S/C11H11BrOS/c12-11-9(4-5-14-11)6-8-2-1-3-10(13)7-8/h4-5,7H,1-3,6H2. The molecular formula is C11H11BrOS. The molecule has 0 amide bonds. The van der Waals surface area contributed by atoms with Gasteiger partial charge in [-0.1, -0.05) is 5.57 Å². The van der Waals surface area contributed by atoms with Crippen LogP contribution in [0.5, 0.6) is 0 Å². The second-order valence-electron chi connectivity index (χ2n) is 3.52. The number of hydrogen-bond donors (Lipinski definition) is 0. The second-order valence-corrected chi connectivity index (χ2v) is 5.75. The third kappa shape index (κ3) is 2.34. The zero-order valence-electron chi connectivity index (χ0n) is 7.75. The molecule has 0 saturated carbocycles. The van der Waals surface area contributed by atoms with E-state index in [9.17, 15) is 4.79 Å². The maximum Gasteiger partial charge on any atom is 0.155 e. The lowest BCUT2D eigenvalue weighted by molar-refractivity contribution is -0.115. The smallest absolute Gasteiger partial charge is 0.155 e. The normalized spacial score (nSPS) is 16.9. The predicted molar refractivity (Wildman–Crippen MR) is 62.7 cm³/mol.